The van der Waals surface area contributed by atoms with Gasteiger partial charge in [0.2, 0.25) is 0 Å². The van der Waals surface area contributed by atoms with Gasteiger partial charge in [-0.3, -0.25) is 4.90 Å². The molecule has 4 rings (SSSR count). The normalized spacial score (nSPS) is 35.4. The van der Waals surface area contributed by atoms with Crippen molar-refractivity contribution in [2.24, 2.45) is 11.8 Å². The quantitative estimate of drug-likeness (QED) is 0.882. The molecule has 2 atom stereocenters. The van der Waals surface area contributed by atoms with E-state index in [4.69, 9.17) is 0 Å². The molecular weight excluding hydrogens is 332 g/mol. The van der Waals surface area contributed by atoms with E-state index in [-0.39, 0.29) is 0 Å². The van der Waals surface area contributed by atoms with E-state index in [1.54, 1.807) is 0 Å². The monoisotopic (exact) mass is 354 g/mol. The van der Waals surface area contributed by atoms with Crippen molar-refractivity contribution < 1.29 is 0 Å². The van der Waals surface area contributed by atoms with Crippen molar-refractivity contribution >= 4 is 27.3 Å². The number of rotatable bonds is 4. The highest BCUT2D eigenvalue weighted by Crippen LogP contribution is 2.46. The second-order valence-electron chi connectivity index (χ2n) is 7.04. The van der Waals surface area contributed by atoms with Crippen molar-refractivity contribution in [3.8, 4) is 0 Å². The molecule has 1 aromatic rings. The summed E-state index contributed by atoms with van der Waals surface area (Å²) in [6.07, 6.45) is 5.74. The van der Waals surface area contributed by atoms with Crippen LogP contribution < -0.4 is 5.32 Å². The van der Waals surface area contributed by atoms with Crippen molar-refractivity contribution in [1.82, 2.24) is 10.2 Å². The Kier molecular flexibility index (Phi) is 3.49. The summed E-state index contributed by atoms with van der Waals surface area (Å²) in [5.41, 5.74) is 0.377. The average molecular weight is 355 g/mol. The molecule has 1 saturated heterocycles. The fourth-order valence-corrected chi connectivity index (χ4v) is 5.25. The highest BCUT2D eigenvalue weighted by Gasteiger charge is 2.50. The summed E-state index contributed by atoms with van der Waals surface area (Å²) in [5, 5.41) is 3.87. The highest BCUT2D eigenvalue weighted by molar-refractivity contribution is 9.11. The van der Waals surface area contributed by atoms with Gasteiger partial charge in [0.25, 0.3) is 0 Å². The van der Waals surface area contributed by atoms with Gasteiger partial charge >= 0.3 is 0 Å². The minimum Gasteiger partial charge on any atom is -0.311 e. The molecule has 2 aliphatic carbocycles. The maximum absolute atomic E-state index is 3.87. The van der Waals surface area contributed by atoms with Crippen molar-refractivity contribution in [1.29, 1.82) is 0 Å². The van der Waals surface area contributed by atoms with Gasteiger partial charge in [-0.2, -0.15) is 0 Å². The van der Waals surface area contributed by atoms with Crippen LogP contribution in [-0.4, -0.2) is 29.6 Å². The van der Waals surface area contributed by atoms with E-state index >= 15 is 0 Å². The topological polar surface area (TPSA) is 15.3 Å². The molecule has 1 aliphatic heterocycles. The van der Waals surface area contributed by atoms with Crippen LogP contribution in [0, 0.1) is 11.8 Å². The molecule has 2 saturated carbocycles. The first-order valence-electron chi connectivity index (χ1n) is 7.88. The number of halogens is 1. The van der Waals surface area contributed by atoms with Crippen LogP contribution in [-0.2, 0) is 6.54 Å². The lowest BCUT2D eigenvalue weighted by Gasteiger charge is -2.49. The maximum atomic E-state index is 3.87. The molecule has 1 N–H and O–H groups in total. The number of hydrogen-bond donors (Lipinski definition) is 1. The molecule has 3 aliphatic rings. The minimum atomic E-state index is 0.377. The van der Waals surface area contributed by atoms with Gasteiger partial charge < -0.3 is 5.32 Å². The van der Waals surface area contributed by atoms with E-state index in [9.17, 15) is 0 Å². The van der Waals surface area contributed by atoms with E-state index in [0.717, 1.165) is 24.4 Å². The van der Waals surface area contributed by atoms with Gasteiger partial charge in [-0.15, -0.1) is 11.3 Å². The highest BCUT2D eigenvalue weighted by atomic mass is 79.9. The van der Waals surface area contributed by atoms with E-state index in [1.807, 2.05) is 11.3 Å². The second-order valence-corrected chi connectivity index (χ2v) is 9.59. The first-order chi connectivity index (χ1) is 9.65. The van der Waals surface area contributed by atoms with Crippen LogP contribution >= 0.6 is 27.3 Å². The molecule has 0 spiro atoms. The van der Waals surface area contributed by atoms with Gasteiger partial charge in [-0.1, -0.05) is 0 Å². The average Bonchev–Trinajstić information content (AvgIpc) is 3.31. The number of thiophene rings is 1. The van der Waals surface area contributed by atoms with Gasteiger partial charge in [0.15, 0.2) is 0 Å². The summed E-state index contributed by atoms with van der Waals surface area (Å²) in [6, 6.07) is 5.22. The SMILES string of the molecule is CC1(C2CC2)CNC(C2CC2)CN1Cc1ccc(Br)s1. The zero-order valence-electron chi connectivity index (χ0n) is 12.1. The zero-order chi connectivity index (χ0) is 13.7. The molecule has 2 nitrogen and oxygen atoms in total. The molecule has 2 unspecified atom stereocenters. The van der Waals surface area contributed by atoms with Crippen LogP contribution in [0.25, 0.3) is 0 Å². The summed E-state index contributed by atoms with van der Waals surface area (Å²) >= 11 is 5.49. The molecule has 4 heteroatoms. The van der Waals surface area contributed by atoms with Crippen LogP contribution in [0.1, 0.15) is 37.5 Å². The molecule has 3 fully saturated rings. The summed E-state index contributed by atoms with van der Waals surface area (Å²) in [4.78, 5) is 4.29. The van der Waals surface area contributed by atoms with E-state index in [0.29, 0.717) is 5.54 Å². The molecule has 2 heterocycles. The molecule has 20 heavy (non-hydrogen) atoms. The third-order valence-corrected chi connectivity index (χ3v) is 7.09. The van der Waals surface area contributed by atoms with E-state index in [2.05, 4.69) is 45.2 Å². The largest absolute Gasteiger partial charge is 0.311 e. The second kappa shape index (κ2) is 5.08. The Bertz CT molecular complexity index is 494. The zero-order valence-corrected chi connectivity index (χ0v) is 14.5. The van der Waals surface area contributed by atoms with Gasteiger partial charge in [0, 0.05) is 36.1 Å². The Hall–Kier alpha value is 0.1000. The molecule has 0 radical (unpaired) electrons. The Morgan fingerprint density at radius 1 is 1.35 bits per heavy atom. The van der Waals surface area contributed by atoms with Gasteiger partial charge in [0.1, 0.15) is 0 Å². The number of piperazine rings is 1. The summed E-state index contributed by atoms with van der Waals surface area (Å²) in [7, 11) is 0. The first-order valence-corrected chi connectivity index (χ1v) is 9.49. The van der Waals surface area contributed by atoms with E-state index < -0.39 is 0 Å². The van der Waals surface area contributed by atoms with Crippen LogP contribution in [0.4, 0.5) is 0 Å². The lowest BCUT2D eigenvalue weighted by atomic mass is 9.88. The van der Waals surface area contributed by atoms with Gasteiger partial charge in [-0.05, 0) is 72.5 Å². The molecular formula is C16H23BrN2S. The fraction of sp³-hybridized carbons (Fsp3) is 0.750. The van der Waals surface area contributed by atoms with Crippen LogP contribution in [0.5, 0.6) is 0 Å². The minimum absolute atomic E-state index is 0.377. The Balaban J connectivity index is 1.53. The van der Waals surface area contributed by atoms with Crippen molar-refractivity contribution in [3.05, 3.63) is 20.8 Å². The maximum Gasteiger partial charge on any atom is 0.0701 e. The van der Waals surface area contributed by atoms with E-state index in [1.165, 1.54) is 47.4 Å². The number of nitrogens with one attached hydrogen (secondary N) is 1. The van der Waals surface area contributed by atoms with Crippen LogP contribution in [0.15, 0.2) is 15.9 Å². The molecule has 1 aromatic heterocycles. The van der Waals surface area contributed by atoms with Crippen LogP contribution in [0.2, 0.25) is 0 Å². The smallest absolute Gasteiger partial charge is 0.0701 e. The third-order valence-electron chi connectivity index (χ3n) is 5.49. The standard InChI is InChI=1S/C16H23BrN2S/c1-16(12-4-5-12)10-18-14(11-2-3-11)9-19(16)8-13-6-7-15(17)20-13/h6-7,11-12,14,18H,2-5,8-10H2,1H3. The molecule has 110 valence electrons. The fourth-order valence-electron chi connectivity index (χ4n) is 3.75. The number of hydrogen-bond acceptors (Lipinski definition) is 3. The predicted molar refractivity (Wildman–Crippen MR) is 88.1 cm³/mol. The molecule has 0 aromatic carbocycles. The van der Waals surface area contributed by atoms with Gasteiger partial charge in [-0.25, -0.2) is 0 Å². The number of nitrogens with zero attached hydrogens (tertiary/aromatic N) is 1. The lowest BCUT2D eigenvalue weighted by molar-refractivity contribution is 0.0243. The van der Waals surface area contributed by atoms with Crippen molar-refractivity contribution in [3.63, 3.8) is 0 Å². The molecule has 0 bridgehead atoms. The Morgan fingerprint density at radius 2 is 2.15 bits per heavy atom. The Morgan fingerprint density at radius 3 is 2.75 bits per heavy atom. The molecule has 0 amide bonds. The lowest BCUT2D eigenvalue weighted by Crippen LogP contribution is -2.64. The summed E-state index contributed by atoms with van der Waals surface area (Å²) < 4.78 is 1.26. The predicted octanol–water partition coefficient (Wildman–Crippen LogP) is 3.86. The summed E-state index contributed by atoms with van der Waals surface area (Å²) in [5.74, 6) is 1.87. The Labute approximate surface area is 134 Å². The summed E-state index contributed by atoms with van der Waals surface area (Å²) in [6.45, 7) is 6.05. The van der Waals surface area contributed by atoms with Crippen molar-refractivity contribution in [2.45, 2.75) is 50.7 Å². The van der Waals surface area contributed by atoms with Crippen molar-refractivity contribution in [2.75, 3.05) is 13.1 Å². The third kappa shape index (κ3) is 2.60. The van der Waals surface area contributed by atoms with Crippen LogP contribution in [0.3, 0.4) is 0 Å². The first kappa shape index (κ1) is 13.7. The van der Waals surface area contributed by atoms with Gasteiger partial charge in [0.05, 0.1) is 3.79 Å².